The van der Waals surface area contributed by atoms with Crippen LogP contribution in [0.1, 0.15) is 19.3 Å². The molecule has 1 saturated carbocycles. The molecule has 0 radical (unpaired) electrons. The molecule has 2 rings (SSSR count). The van der Waals surface area contributed by atoms with E-state index >= 15 is 0 Å². The van der Waals surface area contributed by atoms with Crippen molar-refractivity contribution in [2.24, 2.45) is 5.73 Å². The number of hydrogen-bond acceptors (Lipinski definition) is 3. The number of rotatable bonds is 3. The average Bonchev–Trinajstić information content (AvgIpc) is 2.66. The number of thioether (sulfide) groups is 1. The molecule has 12 heavy (non-hydrogen) atoms. The minimum atomic E-state index is -0.369. The zero-order valence-corrected chi connectivity index (χ0v) is 7.82. The number of amides is 1. The molecule has 1 aliphatic heterocycles. The third-order valence-corrected chi connectivity index (χ3v) is 3.74. The molecule has 0 aromatic carbocycles. The molecule has 0 spiro atoms. The van der Waals surface area contributed by atoms with E-state index in [2.05, 4.69) is 5.32 Å². The second-order valence-corrected chi connectivity index (χ2v) is 4.77. The van der Waals surface area contributed by atoms with Gasteiger partial charge in [0, 0.05) is 11.8 Å². The molecule has 0 bridgehead atoms. The molecule has 3 nitrogen and oxygen atoms in total. The molecule has 2 fully saturated rings. The quantitative estimate of drug-likeness (QED) is 0.657. The number of carbonyl (C=O) groups excluding carboxylic acids is 1. The SMILES string of the molecule is NC(=O)C1(NC2CC2)CCSC1. The summed E-state index contributed by atoms with van der Waals surface area (Å²) in [5.74, 6) is 1.75. The Labute approximate surface area is 76.5 Å². The first kappa shape index (κ1) is 8.38. The lowest BCUT2D eigenvalue weighted by Gasteiger charge is -2.25. The standard InChI is InChI=1S/C8H14N2OS/c9-7(11)8(3-4-12-5-8)10-6-1-2-6/h6,10H,1-5H2,(H2,9,11). The van der Waals surface area contributed by atoms with E-state index in [1.807, 2.05) is 11.8 Å². The predicted molar refractivity (Wildman–Crippen MR) is 50.0 cm³/mol. The van der Waals surface area contributed by atoms with Gasteiger partial charge in [-0.25, -0.2) is 0 Å². The van der Waals surface area contributed by atoms with Crippen LogP contribution in [0.5, 0.6) is 0 Å². The van der Waals surface area contributed by atoms with Crippen LogP contribution in [0, 0.1) is 0 Å². The van der Waals surface area contributed by atoms with Gasteiger partial charge in [-0.15, -0.1) is 0 Å². The largest absolute Gasteiger partial charge is 0.368 e. The van der Waals surface area contributed by atoms with Crippen molar-refractivity contribution in [3.8, 4) is 0 Å². The van der Waals surface area contributed by atoms with Gasteiger partial charge in [0.25, 0.3) is 0 Å². The summed E-state index contributed by atoms with van der Waals surface area (Å²) < 4.78 is 0. The number of nitrogens with one attached hydrogen (secondary N) is 1. The highest BCUT2D eigenvalue weighted by molar-refractivity contribution is 7.99. The van der Waals surface area contributed by atoms with E-state index in [0.29, 0.717) is 6.04 Å². The Hall–Kier alpha value is -0.220. The van der Waals surface area contributed by atoms with Crippen molar-refractivity contribution in [3.63, 3.8) is 0 Å². The van der Waals surface area contributed by atoms with Gasteiger partial charge in [-0.2, -0.15) is 11.8 Å². The van der Waals surface area contributed by atoms with E-state index in [1.165, 1.54) is 12.8 Å². The first-order valence-electron chi connectivity index (χ1n) is 4.38. The Morgan fingerprint density at radius 2 is 2.33 bits per heavy atom. The summed E-state index contributed by atoms with van der Waals surface area (Å²) in [6, 6.07) is 0.566. The second kappa shape index (κ2) is 2.92. The molecule has 68 valence electrons. The maximum Gasteiger partial charge on any atom is 0.238 e. The summed E-state index contributed by atoms with van der Waals surface area (Å²) in [5.41, 5.74) is 5.02. The highest BCUT2D eigenvalue weighted by Crippen LogP contribution is 2.32. The van der Waals surface area contributed by atoms with Crippen LogP contribution in [-0.4, -0.2) is 29.0 Å². The summed E-state index contributed by atoms with van der Waals surface area (Å²) in [5, 5.41) is 3.37. The van der Waals surface area contributed by atoms with E-state index in [4.69, 9.17) is 5.73 Å². The molecular formula is C8H14N2OS. The number of carbonyl (C=O) groups is 1. The molecular weight excluding hydrogens is 172 g/mol. The molecule has 1 heterocycles. The van der Waals surface area contributed by atoms with Crippen LogP contribution in [0.25, 0.3) is 0 Å². The van der Waals surface area contributed by atoms with Gasteiger partial charge < -0.3 is 5.73 Å². The van der Waals surface area contributed by atoms with Gasteiger partial charge in [-0.3, -0.25) is 10.1 Å². The van der Waals surface area contributed by atoms with Gasteiger partial charge in [0.1, 0.15) is 5.54 Å². The van der Waals surface area contributed by atoms with Crippen molar-refractivity contribution in [2.75, 3.05) is 11.5 Å². The zero-order valence-electron chi connectivity index (χ0n) is 7.01. The van der Waals surface area contributed by atoms with Crippen LogP contribution in [0.4, 0.5) is 0 Å². The smallest absolute Gasteiger partial charge is 0.238 e. The highest BCUT2D eigenvalue weighted by atomic mass is 32.2. The van der Waals surface area contributed by atoms with Gasteiger partial charge in [0.05, 0.1) is 0 Å². The Kier molecular flexibility index (Phi) is 2.04. The highest BCUT2D eigenvalue weighted by Gasteiger charge is 2.43. The fourth-order valence-electron chi connectivity index (χ4n) is 1.56. The lowest BCUT2D eigenvalue weighted by atomic mass is 9.98. The van der Waals surface area contributed by atoms with Crippen LogP contribution in [0.3, 0.4) is 0 Å². The van der Waals surface area contributed by atoms with Gasteiger partial charge in [0.2, 0.25) is 5.91 Å². The van der Waals surface area contributed by atoms with Gasteiger partial charge in [-0.1, -0.05) is 0 Å². The second-order valence-electron chi connectivity index (χ2n) is 3.67. The molecule has 4 heteroatoms. The normalized spacial score (nSPS) is 35.3. The zero-order chi connectivity index (χ0) is 8.60. The van der Waals surface area contributed by atoms with Gasteiger partial charge >= 0.3 is 0 Å². The summed E-state index contributed by atoms with van der Waals surface area (Å²) in [6.45, 7) is 0. The molecule has 0 aromatic rings. The van der Waals surface area contributed by atoms with Crippen molar-refractivity contribution in [1.82, 2.24) is 5.32 Å². The Morgan fingerprint density at radius 3 is 2.75 bits per heavy atom. The van der Waals surface area contributed by atoms with Gasteiger partial charge in [0.15, 0.2) is 0 Å². The third-order valence-electron chi connectivity index (χ3n) is 2.55. The van der Waals surface area contributed by atoms with Crippen molar-refractivity contribution in [1.29, 1.82) is 0 Å². The Bertz CT molecular complexity index is 197. The fourth-order valence-corrected chi connectivity index (χ4v) is 2.92. The van der Waals surface area contributed by atoms with E-state index < -0.39 is 0 Å². The topological polar surface area (TPSA) is 55.1 Å². The third kappa shape index (κ3) is 1.45. The van der Waals surface area contributed by atoms with Crippen LogP contribution in [-0.2, 0) is 4.79 Å². The molecule has 1 aliphatic carbocycles. The van der Waals surface area contributed by atoms with Crippen molar-refractivity contribution in [3.05, 3.63) is 0 Å². The number of primary amides is 1. The Morgan fingerprint density at radius 1 is 1.58 bits per heavy atom. The van der Waals surface area contributed by atoms with Crippen molar-refractivity contribution < 1.29 is 4.79 Å². The molecule has 3 N–H and O–H groups in total. The molecule has 2 aliphatic rings. The Balaban J connectivity index is 2.03. The van der Waals surface area contributed by atoms with E-state index in [-0.39, 0.29) is 11.4 Å². The predicted octanol–water partition coefficient (Wildman–Crippen LogP) is 0.0994. The summed E-state index contributed by atoms with van der Waals surface area (Å²) >= 11 is 1.82. The molecule has 0 aromatic heterocycles. The maximum atomic E-state index is 11.2. The summed E-state index contributed by atoms with van der Waals surface area (Å²) in [4.78, 5) is 11.2. The minimum absolute atomic E-state index is 0.167. The maximum absolute atomic E-state index is 11.2. The summed E-state index contributed by atoms with van der Waals surface area (Å²) in [7, 11) is 0. The lowest BCUT2D eigenvalue weighted by molar-refractivity contribution is -0.123. The monoisotopic (exact) mass is 186 g/mol. The molecule has 1 atom stereocenters. The van der Waals surface area contributed by atoms with Crippen molar-refractivity contribution in [2.45, 2.75) is 30.8 Å². The average molecular weight is 186 g/mol. The van der Waals surface area contributed by atoms with Crippen LogP contribution in [0.15, 0.2) is 0 Å². The van der Waals surface area contributed by atoms with Crippen LogP contribution < -0.4 is 11.1 Å². The lowest BCUT2D eigenvalue weighted by Crippen LogP contribution is -2.56. The molecule has 1 saturated heterocycles. The number of hydrogen-bond donors (Lipinski definition) is 2. The summed E-state index contributed by atoms with van der Waals surface area (Å²) in [6.07, 6.45) is 3.32. The van der Waals surface area contributed by atoms with Gasteiger partial charge in [-0.05, 0) is 25.0 Å². The number of nitrogens with two attached hydrogens (primary N) is 1. The van der Waals surface area contributed by atoms with E-state index in [1.54, 1.807) is 0 Å². The van der Waals surface area contributed by atoms with Crippen LogP contribution in [0.2, 0.25) is 0 Å². The van der Waals surface area contributed by atoms with E-state index in [9.17, 15) is 4.79 Å². The molecule has 1 amide bonds. The fraction of sp³-hybridized carbons (Fsp3) is 0.875. The minimum Gasteiger partial charge on any atom is -0.368 e. The van der Waals surface area contributed by atoms with Crippen LogP contribution >= 0.6 is 11.8 Å². The first-order valence-corrected chi connectivity index (χ1v) is 5.54. The van der Waals surface area contributed by atoms with Crippen molar-refractivity contribution >= 4 is 17.7 Å². The van der Waals surface area contributed by atoms with E-state index in [0.717, 1.165) is 17.9 Å². The molecule has 1 unspecified atom stereocenters. The first-order chi connectivity index (χ1) is 5.73.